The summed E-state index contributed by atoms with van der Waals surface area (Å²) >= 11 is 0. The molecule has 0 aliphatic rings. The van der Waals surface area contributed by atoms with Gasteiger partial charge >= 0.3 is 0 Å². The first-order valence-corrected chi connectivity index (χ1v) is 6.92. The lowest BCUT2D eigenvalue weighted by molar-refractivity contribution is 0.900. The molecule has 3 N–H and O–H groups in total. The Bertz CT molecular complexity index is 1050. The van der Waals surface area contributed by atoms with Crippen molar-refractivity contribution in [2.75, 3.05) is 0 Å². The minimum absolute atomic E-state index is 0.211. The van der Waals surface area contributed by atoms with E-state index in [1.54, 1.807) is 6.07 Å². The van der Waals surface area contributed by atoms with Crippen molar-refractivity contribution in [3.8, 4) is 11.3 Å². The van der Waals surface area contributed by atoms with Crippen molar-refractivity contribution in [2.45, 2.75) is 6.54 Å². The Kier molecular flexibility index (Phi) is 2.77. The van der Waals surface area contributed by atoms with Crippen LogP contribution in [0.4, 0.5) is 0 Å². The van der Waals surface area contributed by atoms with Gasteiger partial charge in [0.2, 0.25) is 0 Å². The first kappa shape index (κ1) is 12.7. The number of nitrogens with one attached hydrogen (secondary N) is 1. The molecule has 0 saturated heterocycles. The van der Waals surface area contributed by atoms with Crippen molar-refractivity contribution in [1.29, 1.82) is 0 Å². The number of aromatic amines is 1. The average molecular weight is 291 g/mol. The predicted octanol–water partition coefficient (Wildman–Crippen LogP) is 1.70. The third kappa shape index (κ3) is 1.82. The van der Waals surface area contributed by atoms with Gasteiger partial charge in [-0.25, -0.2) is 10.1 Å². The van der Waals surface area contributed by atoms with Crippen LogP contribution in [0.2, 0.25) is 0 Å². The van der Waals surface area contributed by atoms with Crippen LogP contribution in [0.1, 0.15) is 5.69 Å². The normalized spacial score (nSPS) is 11.3. The van der Waals surface area contributed by atoms with E-state index < -0.39 is 0 Å². The number of nitrogens with two attached hydrogens (primary N) is 1. The maximum absolute atomic E-state index is 11.9. The van der Waals surface area contributed by atoms with E-state index in [4.69, 9.17) is 5.73 Å². The zero-order chi connectivity index (χ0) is 15.1. The summed E-state index contributed by atoms with van der Waals surface area (Å²) in [5, 5.41) is 7.86. The van der Waals surface area contributed by atoms with Crippen LogP contribution in [0.25, 0.3) is 27.7 Å². The van der Waals surface area contributed by atoms with Crippen LogP contribution >= 0.6 is 0 Å². The quantitative estimate of drug-likeness (QED) is 0.588. The number of fused-ring (bicyclic) bond motifs is 2. The second kappa shape index (κ2) is 4.78. The number of imidazole rings is 1. The highest BCUT2D eigenvalue weighted by Gasteiger charge is 2.10. The topological polar surface area (TPSA) is 89.1 Å². The molecule has 0 fully saturated rings. The van der Waals surface area contributed by atoms with E-state index in [9.17, 15) is 4.79 Å². The van der Waals surface area contributed by atoms with E-state index in [0.717, 1.165) is 22.3 Å². The zero-order valence-electron chi connectivity index (χ0n) is 11.7. The van der Waals surface area contributed by atoms with Crippen LogP contribution in [0.5, 0.6) is 0 Å². The minimum atomic E-state index is -0.211. The number of hydrogen-bond acceptors (Lipinski definition) is 4. The monoisotopic (exact) mass is 291 g/mol. The molecule has 6 heteroatoms. The molecule has 0 amide bonds. The fourth-order valence-corrected chi connectivity index (χ4v) is 2.68. The molecule has 0 unspecified atom stereocenters. The van der Waals surface area contributed by atoms with Crippen LogP contribution in [-0.2, 0) is 6.54 Å². The largest absolute Gasteiger partial charge is 0.325 e. The minimum Gasteiger partial charge on any atom is -0.325 e. The molecule has 108 valence electrons. The van der Waals surface area contributed by atoms with Gasteiger partial charge in [-0.15, -0.1) is 0 Å². The highest BCUT2D eigenvalue weighted by molar-refractivity contribution is 5.88. The molecule has 0 radical (unpaired) electrons. The number of rotatable bonds is 2. The summed E-state index contributed by atoms with van der Waals surface area (Å²) < 4.78 is 2.00. The molecule has 0 spiro atoms. The first-order valence-electron chi connectivity index (χ1n) is 6.92. The van der Waals surface area contributed by atoms with Crippen molar-refractivity contribution < 1.29 is 0 Å². The summed E-state index contributed by atoms with van der Waals surface area (Å²) in [5.74, 6) is 0. The zero-order valence-corrected chi connectivity index (χ0v) is 11.7. The van der Waals surface area contributed by atoms with Gasteiger partial charge in [-0.1, -0.05) is 12.1 Å². The summed E-state index contributed by atoms with van der Waals surface area (Å²) in [5.41, 5.74) is 8.98. The highest BCUT2D eigenvalue weighted by Crippen LogP contribution is 2.25. The van der Waals surface area contributed by atoms with Crippen molar-refractivity contribution in [3.63, 3.8) is 0 Å². The fraction of sp³-hybridized carbons (Fsp3) is 0.0625. The first-order chi connectivity index (χ1) is 10.8. The van der Waals surface area contributed by atoms with Crippen LogP contribution in [-0.4, -0.2) is 19.6 Å². The van der Waals surface area contributed by atoms with Crippen LogP contribution in [0.15, 0.2) is 53.6 Å². The Morgan fingerprint density at radius 3 is 2.95 bits per heavy atom. The molecular weight excluding hydrogens is 278 g/mol. The van der Waals surface area contributed by atoms with Crippen LogP contribution in [0.3, 0.4) is 0 Å². The standard InChI is InChI=1S/C16H13N5O/c17-8-13-12-7-10(4-5-11(12)16(22)20-19-13)14-9-18-15-3-1-2-6-21(14)15/h1-7,9H,8,17H2,(H,20,22). The van der Waals surface area contributed by atoms with E-state index >= 15 is 0 Å². The van der Waals surface area contributed by atoms with Crippen molar-refractivity contribution in [3.05, 3.63) is 64.8 Å². The third-order valence-corrected chi connectivity index (χ3v) is 3.77. The summed E-state index contributed by atoms with van der Waals surface area (Å²) in [7, 11) is 0. The van der Waals surface area contributed by atoms with Gasteiger partial charge in [-0.05, 0) is 24.3 Å². The van der Waals surface area contributed by atoms with Gasteiger partial charge in [0, 0.05) is 23.7 Å². The molecule has 0 aliphatic carbocycles. The maximum Gasteiger partial charge on any atom is 0.272 e. The third-order valence-electron chi connectivity index (χ3n) is 3.77. The molecule has 22 heavy (non-hydrogen) atoms. The lowest BCUT2D eigenvalue weighted by Crippen LogP contribution is -2.13. The second-order valence-electron chi connectivity index (χ2n) is 5.04. The van der Waals surface area contributed by atoms with Gasteiger partial charge in [0.15, 0.2) is 0 Å². The van der Waals surface area contributed by atoms with Gasteiger partial charge in [-0.2, -0.15) is 5.10 Å². The fourth-order valence-electron chi connectivity index (χ4n) is 2.68. The van der Waals surface area contributed by atoms with E-state index in [0.29, 0.717) is 11.1 Å². The van der Waals surface area contributed by atoms with Crippen LogP contribution < -0.4 is 11.3 Å². The van der Waals surface area contributed by atoms with Gasteiger partial charge in [0.05, 0.1) is 23.0 Å². The summed E-state index contributed by atoms with van der Waals surface area (Å²) in [6, 6.07) is 11.5. The number of H-pyrrole nitrogens is 1. The van der Waals surface area contributed by atoms with E-state index in [-0.39, 0.29) is 12.1 Å². The van der Waals surface area contributed by atoms with Gasteiger partial charge in [-0.3, -0.25) is 9.20 Å². The summed E-state index contributed by atoms with van der Waals surface area (Å²) in [6.07, 6.45) is 3.78. The molecule has 0 atom stereocenters. The van der Waals surface area contributed by atoms with Crippen molar-refractivity contribution in [1.82, 2.24) is 19.6 Å². The molecule has 0 bridgehead atoms. The van der Waals surface area contributed by atoms with Gasteiger partial charge in [0.1, 0.15) is 5.65 Å². The van der Waals surface area contributed by atoms with Gasteiger partial charge < -0.3 is 5.73 Å². The highest BCUT2D eigenvalue weighted by atomic mass is 16.1. The van der Waals surface area contributed by atoms with E-state index in [2.05, 4.69) is 15.2 Å². The van der Waals surface area contributed by atoms with Crippen LogP contribution in [0, 0.1) is 0 Å². The summed E-state index contributed by atoms with van der Waals surface area (Å²) in [6.45, 7) is 0.268. The lowest BCUT2D eigenvalue weighted by atomic mass is 10.1. The van der Waals surface area contributed by atoms with Crippen molar-refractivity contribution >= 4 is 16.4 Å². The van der Waals surface area contributed by atoms with Gasteiger partial charge in [0.25, 0.3) is 5.56 Å². The maximum atomic E-state index is 11.9. The Balaban J connectivity index is 2.02. The number of benzene rings is 1. The number of aromatic nitrogens is 4. The molecule has 6 nitrogen and oxygen atoms in total. The Morgan fingerprint density at radius 1 is 1.18 bits per heavy atom. The number of hydrogen-bond donors (Lipinski definition) is 2. The SMILES string of the molecule is NCc1n[nH]c(=O)c2ccc(-c3cnc4ccccn34)cc12. The Morgan fingerprint density at radius 2 is 2.09 bits per heavy atom. The molecule has 3 heterocycles. The molecule has 4 aromatic rings. The number of pyridine rings is 1. The smallest absolute Gasteiger partial charge is 0.272 e. The molecule has 4 rings (SSSR count). The molecule has 3 aromatic heterocycles. The molecule has 0 aliphatic heterocycles. The second-order valence-corrected chi connectivity index (χ2v) is 5.04. The molecule has 1 aromatic carbocycles. The molecular formula is C16H13N5O. The lowest BCUT2D eigenvalue weighted by Gasteiger charge is -2.06. The number of nitrogens with zero attached hydrogens (tertiary/aromatic N) is 3. The van der Waals surface area contributed by atoms with E-state index in [1.165, 1.54) is 0 Å². The average Bonchev–Trinajstić information content (AvgIpc) is 2.99. The Hall–Kier alpha value is -2.99. The molecule has 0 saturated carbocycles. The predicted molar refractivity (Wildman–Crippen MR) is 84.4 cm³/mol. The summed E-state index contributed by atoms with van der Waals surface area (Å²) in [4.78, 5) is 16.3. The van der Waals surface area contributed by atoms with Crippen molar-refractivity contribution in [2.24, 2.45) is 5.73 Å². The Labute approximate surface area is 125 Å². The van der Waals surface area contributed by atoms with E-state index in [1.807, 2.05) is 47.1 Å².